The van der Waals surface area contributed by atoms with E-state index in [4.69, 9.17) is 6.58 Å². The van der Waals surface area contributed by atoms with E-state index in [0.717, 1.165) is 22.6 Å². The van der Waals surface area contributed by atoms with Crippen LogP contribution in [0.2, 0.25) is 0 Å². The second kappa shape index (κ2) is 10.9. The van der Waals surface area contributed by atoms with E-state index in [1.807, 2.05) is 0 Å². The molecule has 250 valence electrons. The van der Waals surface area contributed by atoms with Crippen molar-refractivity contribution >= 4 is 39.7 Å². The number of hydrogen-bond acceptors (Lipinski definition) is 2. The van der Waals surface area contributed by atoms with Crippen LogP contribution in [0.5, 0.6) is 0 Å². The zero-order chi connectivity index (χ0) is 35.4. The highest BCUT2D eigenvalue weighted by Gasteiger charge is 2.49. The van der Waals surface area contributed by atoms with Crippen LogP contribution in [-0.4, -0.2) is 0 Å². The Hall–Kier alpha value is -6.12. The fourth-order valence-corrected chi connectivity index (χ4v) is 9.13. The summed E-state index contributed by atoms with van der Waals surface area (Å²) >= 11 is 0. The van der Waals surface area contributed by atoms with Crippen molar-refractivity contribution < 1.29 is 0 Å². The molecule has 0 spiro atoms. The topological polar surface area (TPSA) is 6.48 Å². The van der Waals surface area contributed by atoms with Gasteiger partial charge >= 0.3 is 0 Å². The van der Waals surface area contributed by atoms with Crippen molar-refractivity contribution in [1.82, 2.24) is 0 Å². The summed E-state index contributed by atoms with van der Waals surface area (Å²) in [5, 5.41) is 0. The molecule has 0 bridgehead atoms. The summed E-state index contributed by atoms with van der Waals surface area (Å²) in [6, 6.07) is 57.8. The average molecular weight is 669 g/mol. The van der Waals surface area contributed by atoms with Crippen molar-refractivity contribution in [2.24, 2.45) is 0 Å². The van der Waals surface area contributed by atoms with Crippen molar-refractivity contribution in [2.45, 2.75) is 38.5 Å². The molecule has 0 radical (unpaired) electrons. The molecule has 7 aromatic rings. The molecule has 2 nitrogen and oxygen atoms in total. The lowest BCUT2D eigenvalue weighted by molar-refractivity contribution is 0.596. The molecule has 0 unspecified atom stereocenters. The van der Waals surface area contributed by atoms with Crippen LogP contribution in [0.15, 0.2) is 164 Å². The van der Waals surface area contributed by atoms with E-state index in [2.05, 4.69) is 195 Å². The van der Waals surface area contributed by atoms with Crippen LogP contribution >= 0.6 is 0 Å². The summed E-state index contributed by atoms with van der Waals surface area (Å²) in [7, 11) is 0. The molecule has 0 amide bonds. The summed E-state index contributed by atoms with van der Waals surface area (Å²) in [6.07, 6.45) is 0. The molecule has 0 fully saturated rings. The molecule has 10 rings (SSSR count). The molecule has 7 aromatic carbocycles. The quantitative estimate of drug-likeness (QED) is 0.180. The van der Waals surface area contributed by atoms with Gasteiger partial charge in [-0.15, -0.1) is 0 Å². The van der Waals surface area contributed by atoms with Crippen LogP contribution in [0.3, 0.4) is 0 Å². The predicted molar refractivity (Wildman–Crippen MR) is 219 cm³/mol. The Morgan fingerprint density at radius 2 is 0.923 bits per heavy atom. The lowest BCUT2D eigenvalue weighted by Crippen LogP contribution is -2.40. The second-order valence-corrected chi connectivity index (χ2v) is 15.5. The molecule has 2 heteroatoms. The normalized spacial score (nSPS) is 15.2. The number of nitrogens with zero attached hydrogens (tertiary/aromatic N) is 2. The predicted octanol–water partition coefficient (Wildman–Crippen LogP) is 13.6. The first-order valence-corrected chi connectivity index (χ1v) is 18.3. The van der Waals surface area contributed by atoms with Gasteiger partial charge in [-0.1, -0.05) is 156 Å². The van der Waals surface area contributed by atoms with Gasteiger partial charge in [0.15, 0.2) is 0 Å². The highest BCUT2D eigenvalue weighted by molar-refractivity contribution is 6.08. The van der Waals surface area contributed by atoms with E-state index in [1.165, 1.54) is 72.7 Å². The van der Waals surface area contributed by atoms with Gasteiger partial charge in [0.05, 0.1) is 17.1 Å². The van der Waals surface area contributed by atoms with Gasteiger partial charge in [0.1, 0.15) is 0 Å². The Bertz CT molecular complexity index is 2580. The molecule has 0 aliphatic carbocycles. The van der Waals surface area contributed by atoms with E-state index in [9.17, 15) is 0 Å². The van der Waals surface area contributed by atoms with Crippen LogP contribution in [0.4, 0.5) is 34.1 Å². The molecular weight excluding hydrogens is 629 g/mol. The minimum absolute atomic E-state index is 0.134. The lowest BCUT2D eigenvalue weighted by Gasteiger charge is -2.52. The molecule has 0 aromatic heterocycles. The average Bonchev–Trinajstić information content (AvgIpc) is 3.18. The van der Waals surface area contributed by atoms with Gasteiger partial charge in [-0.25, -0.2) is 0 Å². The van der Waals surface area contributed by atoms with Crippen LogP contribution in [0, 0.1) is 0 Å². The maximum atomic E-state index is 4.84. The number of rotatable bonds is 5. The van der Waals surface area contributed by atoms with Crippen molar-refractivity contribution in [3.8, 4) is 22.3 Å². The standard InChI is InChI=1S/C50H40N2/c1-32-40-21-13-22-42-46(40)52-47-41(32)30-39(31-45(47)50(4,5)44-24-14-23-43(48(44)52)49(42,2)3)51(37-27-25-35(26-28-37)33-15-8-6-9-16-33)38-20-12-19-36(29-38)34-17-10-7-11-18-34/h6-31H,1H2,2-5H3. The smallest absolute Gasteiger partial charge is 0.0583 e. The number of hydrogen-bond donors (Lipinski definition) is 0. The van der Waals surface area contributed by atoms with Crippen LogP contribution in [0.25, 0.3) is 27.8 Å². The third-order valence-electron chi connectivity index (χ3n) is 11.9. The van der Waals surface area contributed by atoms with Crippen molar-refractivity contribution in [3.63, 3.8) is 0 Å². The van der Waals surface area contributed by atoms with Crippen molar-refractivity contribution in [3.05, 3.63) is 198 Å². The van der Waals surface area contributed by atoms with Gasteiger partial charge in [-0.2, -0.15) is 0 Å². The van der Waals surface area contributed by atoms with Crippen molar-refractivity contribution in [1.29, 1.82) is 0 Å². The van der Waals surface area contributed by atoms with Crippen LogP contribution < -0.4 is 9.80 Å². The number of anilines is 6. The highest BCUT2D eigenvalue weighted by Crippen LogP contribution is 2.65. The van der Waals surface area contributed by atoms with Gasteiger partial charge in [0, 0.05) is 39.0 Å². The SMILES string of the molecule is C=C1c2cccc3c2N2c4c1cc(N(c1ccc(-c5ccccc5)cc1)c1cccc(-c5ccccc5)c1)cc4C(C)(C)c1cccc(c12)C3(C)C. The van der Waals surface area contributed by atoms with Crippen LogP contribution in [-0.2, 0) is 10.8 Å². The largest absolute Gasteiger partial charge is 0.310 e. The maximum absolute atomic E-state index is 4.84. The monoisotopic (exact) mass is 668 g/mol. The molecule has 52 heavy (non-hydrogen) atoms. The third-order valence-corrected chi connectivity index (χ3v) is 11.9. The maximum Gasteiger partial charge on any atom is 0.0583 e. The minimum atomic E-state index is -0.253. The van der Waals surface area contributed by atoms with E-state index in [-0.39, 0.29) is 10.8 Å². The molecule has 3 heterocycles. The fourth-order valence-electron chi connectivity index (χ4n) is 9.13. The van der Waals surface area contributed by atoms with Gasteiger partial charge in [0.2, 0.25) is 0 Å². The molecule has 0 atom stereocenters. The summed E-state index contributed by atoms with van der Waals surface area (Å²) < 4.78 is 0. The Morgan fingerprint density at radius 1 is 0.404 bits per heavy atom. The minimum Gasteiger partial charge on any atom is -0.310 e. The summed E-state index contributed by atoms with van der Waals surface area (Å²) in [5.41, 5.74) is 20.6. The molecule has 3 aliphatic heterocycles. The molecule has 0 saturated heterocycles. The highest BCUT2D eigenvalue weighted by atomic mass is 15.2. The molecule has 0 N–H and O–H groups in total. The second-order valence-electron chi connectivity index (χ2n) is 15.5. The first kappa shape index (κ1) is 30.7. The lowest BCUT2D eigenvalue weighted by atomic mass is 9.64. The molecule has 0 saturated carbocycles. The van der Waals surface area contributed by atoms with Gasteiger partial charge in [-0.3, -0.25) is 0 Å². The first-order chi connectivity index (χ1) is 25.2. The zero-order valence-electron chi connectivity index (χ0n) is 30.1. The van der Waals surface area contributed by atoms with Gasteiger partial charge < -0.3 is 9.80 Å². The third kappa shape index (κ3) is 4.24. The molecule has 3 aliphatic rings. The summed E-state index contributed by atoms with van der Waals surface area (Å²) in [4.78, 5) is 5.02. The van der Waals surface area contributed by atoms with E-state index < -0.39 is 0 Å². The van der Waals surface area contributed by atoms with E-state index in [1.54, 1.807) is 0 Å². The Morgan fingerprint density at radius 3 is 1.60 bits per heavy atom. The fraction of sp³-hybridized carbons (Fsp3) is 0.120. The van der Waals surface area contributed by atoms with E-state index >= 15 is 0 Å². The zero-order valence-corrected chi connectivity index (χ0v) is 30.1. The van der Waals surface area contributed by atoms with Gasteiger partial charge in [0.25, 0.3) is 0 Å². The summed E-state index contributed by atoms with van der Waals surface area (Å²) in [6.45, 7) is 14.4. The van der Waals surface area contributed by atoms with Gasteiger partial charge in [-0.05, 0) is 86.5 Å². The number of benzene rings is 7. The number of para-hydroxylation sites is 2. The first-order valence-electron chi connectivity index (χ1n) is 18.3. The van der Waals surface area contributed by atoms with Crippen molar-refractivity contribution in [2.75, 3.05) is 9.80 Å². The Kier molecular flexibility index (Phi) is 6.45. The molecular formula is C50H40N2. The van der Waals surface area contributed by atoms with E-state index in [0.29, 0.717) is 0 Å². The Labute approximate surface area is 307 Å². The summed E-state index contributed by atoms with van der Waals surface area (Å²) in [5.74, 6) is 0. The Balaban J connectivity index is 1.23. The van der Waals surface area contributed by atoms with Crippen LogP contribution in [0.1, 0.15) is 61.1 Å².